The van der Waals surface area contributed by atoms with E-state index in [1.807, 2.05) is 22.9 Å². The third kappa shape index (κ3) is 1.97. The zero-order valence-corrected chi connectivity index (χ0v) is 8.47. The number of oxime groups is 1. The molecule has 1 aliphatic rings. The number of ether oxygens (including phenoxy) is 1. The highest BCUT2D eigenvalue weighted by molar-refractivity contribution is 5.95. The summed E-state index contributed by atoms with van der Waals surface area (Å²) in [5.41, 5.74) is 6.33. The Bertz CT molecular complexity index is 353. The Labute approximate surface area is 88.1 Å². The molecule has 2 heterocycles. The first-order chi connectivity index (χ1) is 7.33. The molecule has 0 amide bonds. The van der Waals surface area contributed by atoms with Crippen molar-refractivity contribution in [3.05, 3.63) is 24.0 Å². The minimum absolute atomic E-state index is 0.144. The van der Waals surface area contributed by atoms with Gasteiger partial charge in [0.1, 0.15) is 0 Å². The Hall–Kier alpha value is -1.49. The summed E-state index contributed by atoms with van der Waals surface area (Å²) in [4.78, 5) is 0. The third-order valence-electron chi connectivity index (χ3n) is 2.68. The van der Waals surface area contributed by atoms with Crippen LogP contribution in [-0.2, 0) is 4.74 Å². The molecule has 0 bridgehead atoms. The fourth-order valence-electron chi connectivity index (χ4n) is 1.92. The topological polar surface area (TPSA) is 72.8 Å². The molecule has 0 saturated carbocycles. The first-order valence-corrected chi connectivity index (χ1v) is 5.05. The Kier molecular flexibility index (Phi) is 2.91. The van der Waals surface area contributed by atoms with Crippen molar-refractivity contribution in [1.82, 2.24) is 4.57 Å². The highest BCUT2D eigenvalue weighted by atomic mass is 16.5. The Morgan fingerprint density at radius 1 is 1.67 bits per heavy atom. The van der Waals surface area contributed by atoms with Gasteiger partial charge in [0, 0.05) is 12.8 Å². The van der Waals surface area contributed by atoms with Crippen LogP contribution in [0.5, 0.6) is 0 Å². The SMILES string of the molecule is N/C(=N/O)c1cccn1C1CCCOC1. The lowest BCUT2D eigenvalue weighted by Crippen LogP contribution is -2.26. The Balaban J connectivity index is 2.23. The molecule has 0 radical (unpaired) electrons. The van der Waals surface area contributed by atoms with Crippen molar-refractivity contribution in [2.45, 2.75) is 18.9 Å². The first-order valence-electron chi connectivity index (χ1n) is 5.05. The highest BCUT2D eigenvalue weighted by Crippen LogP contribution is 2.21. The summed E-state index contributed by atoms with van der Waals surface area (Å²) in [6.45, 7) is 1.52. The normalized spacial score (nSPS) is 22.9. The molecular weight excluding hydrogens is 194 g/mol. The lowest BCUT2D eigenvalue weighted by Gasteiger charge is -2.25. The van der Waals surface area contributed by atoms with Gasteiger partial charge in [0.15, 0.2) is 5.84 Å². The van der Waals surface area contributed by atoms with Crippen LogP contribution < -0.4 is 5.73 Å². The van der Waals surface area contributed by atoms with Crippen LogP contribution in [0.1, 0.15) is 24.6 Å². The van der Waals surface area contributed by atoms with Crippen LogP contribution in [0.25, 0.3) is 0 Å². The number of hydrogen-bond acceptors (Lipinski definition) is 3. The molecule has 0 aliphatic carbocycles. The fraction of sp³-hybridized carbons (Fsp3) is 0.500. The average Bonchev–Trinajstić information content (AvgIpc) is 2.78. The summed E-state index contributed by atoms with van der Waals surface area (Å²) in [6.07, 6.45) is 4.06. The lowest BCUT2D eigenvalue weighted by atomic mass is 10.1. The highest BCUT2D eigenvalue weighted by Gasteiger charge is 2.18. The van der Waals surface area contributed by atoms with Crippen LogP contribution >= 0.6 is 0 Å². The van der Waals surface area contributed by atoms with Crippen LogP contribution in [0.2, 0.25) is 0 Å². The van der Waals surface area contributed by atoms with Crippen LogP contribution in [-0.4, -0.2) is 28.8 Å². The molecule has 15 heavy (non-hydrogen) atoms. The molecule has 1 fully saturated rings. The molecule has 1 aromatic rings. The average molecular weight is 209 g/mol. The maximum absolute atomic E-state index is 8.65. The summed E-state index contributed by atoms with van der Waals surface area (Å²) in [5.74, 6) is 0.144. The number of nitrogens with two attached hydrogens (primary N) is 1. The zero-order valence-electron chi connectivity index (χ0n) is 8.47. The molecule has 1 unspecified atom stereocenters. The second-order valence-electron chi connectivity index (χ2n) is 3.66. The summed E-state index contributed by atoms with van der Waals surface area (Å²) >= 11 is 0. The second kappa shape index (κ2) is 4.35. The van der Waals surface area contributed by atoms with Crippen molar-refractivity contribution >= 4 is 5.84 Å². The largest absolute Gasteiger partial charge is 0.409 e. The van der Waals surface area contributed by atoms with Gasteiger partial charge in [-0.25, -0.2) is 0 Å². The van der Waals surface area contributed by atoms with Gasteiger partial charge in [-0.15, -0.1) is 0 Å². The van der Waals surface area contributed by atoms with Gasteiger partial charge in [0.05, 0.1) is 18.3 Å². The molecule has 1 aromatic heterocycles. The molecule has 1 saturated heterocycles. The van der Waals surface area contributed by atoms with Gasteiger partial charge in [0.25, 0.3) is 0 Å². The number of hydrogen-bond donors (Lipinski definition) is 2. The minimum Gasteiger partial charge on any atom is -0.409 e. The maximum Gasteiger partial charge on any atom is 0.186 e. The number of amidine groups is 1. The van der Waals surface area contributed by atoms with E-state index in [4.69, 9.17) is 15.7 Å². The van der Waals surface area contributed by atoms with Gasteiger partial charge in [-0.05, 0) is 25.0 Å². The van der Waals surface area contributed by atoms with E-state index in [0.29, 0.717) is 12.6 Å². The van der Waals surface area contributed by atoms with Crippen molar-refractivity contribution in [2.24, 2.45) is 10.9 Å². The summed E-state index contributed by atoms with van der Waals surface area (Å²) < 4.78 is 7.42. The number of rotatable bonds is 2. The predicted molar refractivity (Wildman–Crippen MR) is 56.0 cm³/mol. The van der Waals surface area contributed by atoms with E-state index in [2.05, 4.69) is 5.16 Å². The summed E-state index contributed by atoms with van der Waals surface area (Å²) in [6, 6.07) is 4.02. The molecule has 0 spiro atoms. The second-order valence-corrected chi connectivity index (χ2v) is 3.66. The first kappa shape index (κ1) is 10.0. The molecule has 3 N–H and O–H groups in total. The van der Waals surface area contributed by atoms with Crippen molar-refractivity contribution in [1.29, 1.82) is 0 Å². The van der Waals surface area contributed by atoms with Gasteiger partial charge >= 0.3 is 0 Å². The minimum atomic E-state index is 0.144. The van der Waals surface area contributed by atoms with Crippen molar-refractivity contribution in [3.63, 3.8) is 0 Å². The molecule has 0 aromatic carbocycles. The van der Waals surface area contributed by atoms with E-state index in [1.165, 1.54) is 0 Å². The number of nitrogens with zero attached hydrogens (tertiary/aromatic N) is 2. The maximum atomic E-state index is 8.65. The monoisotopic (exact) mass is 209 g/mol. The van der Waals surface area contributed by atoms with Gasteiger partial charge in [-0.3, -0.25) is 0 Å². The van der Waals surface area contributed by atoms with Gasteiger partial charge in [-0.2, -0.15) is 0 Å². The van der Waals surface area contributed by atoms with Crippen LogP contribution in [0.3, 0.4) is 0 Å². The molecule has 1 aliphatic heterocycles. The van der Waals surface area contributed by atoms with E-state index in [-0.39, 0.29) is 5.84 Å². The van der Waals surface area contributed by atoms with Crippen molar-refractivity contribution in [3.8, 4) is 0 Å². The summed E-state index contributed by atoms with van der Waals surface area (Å²) in [7, 11) is 0. The van der Waals surface area contributed by atoms with Gasteiger partial charge in [-0.1, -0.05) is 5.16 Å². The third-order valence-corrected chi connectivity index (χ3v) is 2.68. The lowest BCUT2D eigenvalue weighted by molar-refractivity contribution is 0.0591. The Morgan fingerprint density at radius 3 is 3.20 bits per heavy atom. The predicted octanol–water partition coefficient (Wildman–Crippen LogP) is 0.934. The molecule has 82 valence electrons. The van der Waals surface area contributed by atoms with Crippen LogP contribution in [0.15, 0.2) is 23.5 Å². The molecule has 2 rings (SSSR count). The molecular formula is C10H15N3O2. The van der Waals surface area contributed by atoms with Crippen molar-refractivity contribution < 1.29 is 9.94 Å². The van der Waals surface area contributed by atoms with Crippen molar-refractivity contribution in [2.75, 3.05) is 13.2 Å². The van der Waals surface area contributed by atoms with Gasteiger partial charge < -0.3 is 20.2 Å². The van der Waals surface area contributed by atoms with E-state index in [9.17, 15) is 0 Å². The zero-order chi connectivity index (χ0) is 10.7. The smallest absolute Gasteiger partial charge is 0.186 e. The van der Waals surface area contributed by atoms with Crippen LogP contribution in [0, 0.1) is 0 Å². The molecule has 5 nitrogen and oxygen atoms in total. The fourth-order valence-corrected chi connectivity index (χ4v) is 1.92. The van der Waals surface area contributed by atoms with E-state index >= 15 is 0 Å². The van der Waals surface area contributed by atoms with E-state index in [0.717, 1.165) is 25.1 Å². The quantitative estimate of drug-likeness (QED) is 0.329. The van der Waals surface area contributed by atoms with E-state index in [1.54, 1.807) is 0 Å². The van der Waals surface area contributed by atoms with Gasteiger partial charge in [0.2, 0.25) is 0 Å². The van der Waals surface area contributed by atoms with Crippen LogP contribution in [0.4, 0.5) is 0 Å². The number of aromatic nitrogens is 1. The summed E-state index contributed by atoms with van der Waals surface area (Å²) in [5, 5.41) is 11.7. The molecule has 1 atom stereocenters. The standard InChI is InChI=1S/C10H15N3O2/c11-10(12-14)9-4-1-5-13(9)8-3-2-6-15-7-8/h1,4-5,8,14H,2-3,6-7H2,(H2,11,12). The molecule has 5 heteroatoms. The van der Waals surface area contributed by atoms with E-state index < -0.39 is 0 Å². The Morgan fingerprint density at radius 2 is 2.53 bits per heavy atom.